The molecule has 9 heteroatoms. The standard InChI is InChI=1S/C37H67NO8/c1-3-5-7-9-10-11-12-13-14-15-16-17-18-19-20-21-23-24-26-31(40)30(38-33(41)27-25-22-8-6-4-2)29-45-37-36(44)35(43)34(42)32(28-39)46-37/h15-16,19-20,24,26,30-32,34-37,39-40,42-44H,3-14,17-18,21-23,25,27-29H2,1-2H3,(H,38,41)/b16-15+,20-19+,26-24+. The van der Waals surface area contributed by atoms with Crippen LogP contribution in [0.3, 0.4) is 0 Å². The maximum Gasteiger partial charge on any atom is 0.220 e. The van der Waals surface area contributed by atoms with Gasteiger partial charge in [0.15, 0.2) is 6.29 Å². The molecule has 268 valence electrons. The fraction of sp³-hybridized carbons (Fsp3) is 0.811. The predicted octanol–water partition coefficient (Wildman–Crippen LogP) is 5.77. The van der Waals surface area contributed by atoms with Gasteiger partial charge < -0.3 is 40.3 Å². The molecule has 46 heavy (non-hydrogen) atoms. The Labute approximate surface area is 279 Å². The molecule has 7 unspecified atom stereocenters. The molecule has 0 spiro atoms. The van der Waals surface area contributed by atoms with E-state index in [1.165, 1.54) is 57.8 Å². The van der Waals surface area contributed by atoms with Gasteiger partial charge in [-0.05, 0) is 44.9 Å². The Morgan fingerprint density at radius 3 is 1.83 bits per heavy atom. The number of hydrogen-bond donors (Lipinski definition) is 6. The number of allylic oxidation sites excluding steroid dienone is 5. The number of unbranched alkanes of at least 4 members (excludes halogenated alkanes) is 14. The summed E-state index contributed by atoms with van der Waals surface area (Å²) in [5, 5.41) is 53.5. The highest BCUT2D eigenvalue weighted by Crippen LogP contribution is 2.22. The zero-order valence-corrected chi connectivity index (χ0v) is 28.8. The van der Waals surface area contributed by atoms with Crippen molar-refractivity contribution in [1.29, 1.82) is 0 Å². The molecule has 1 fully saturated rings. The van der Waals surface area contributed by atoms with Crippen LogP contribution in [0, 0.1) is 0 Å². The van der Waals surface area contributed by atoms with Crippen LogP contribution in [0.15, 0.2) is 36.5 Å². The van der Waals surface area contributed by atoms with Gasteiger partial charge in [-0.3, -0.25) is 4.79 Å². The summed E-state index contributed by atoms with van der Waals surface area (Å²) in [5.74, 6) is -0.207. The van der Waals surface area contributed by atoms with Crippen molar-refractivity contribution in [3.05, 3.63) is 36.5 Å². The Hall–Kier alpha value is -1.59. The monoisotopic (exact) mass is 653 g/mol. The Bertz CT molecular complexity index is 817. The first-order valence-corrected chi connectivity index (χ1v) is 18.2. The maximum absolute atomic E-state index is 12.6. The summed E-state index contributed by atoms with van der Waals surface area (Å²) in [5.41, 5.74) is 0. The number of rotatable bonds is 28. The van der Waals surface area contributed by atoms with Gasteiger partial charge in [0.25, 0.3) is 0 Å². The van der Waals surface area contributed by atoms with E-state index in [0.29, 0.717) is 6.42 Å². The SMILES string of the molecule is CCCCCCCCCC/C=C/CC/C=C/CC/C=C/C(O)C(COC1OC(CO)C(O)C(O)C1O)NC(=O)CCCCCCC. The molecule has 0 aliphatic carbocycles. The van der Waals surface area contributed by atoms with E-state index in [4.69, 9.17) is 9.47 Å². The molecule has 1 rings (SSSR count). The van der Waals surface area contributed by atoms with Gasteiger partial charge >= 0.3 is 0 Å². The minimum atomic E-state index is -1.57. The largest absolute Gasteiger partial charge is 0.394 e. The molecule has 0 saturated carbocycles. The summed E-state index contributed by atoms with van der Waals surface area (Å²) >= 11 is 0. The fourth-order valence-corrected chi connectivity index (χ4v) is 5.42. The number of aliphatic hydroxyl groups is 5. The number of carbonyl (C=O) groups is 1. The van der Waals surface area contributed by atoms with Crippen molar-refractivity contribution < 1.29 is 39.8 Å². The van der Waals surface area contributed by atoms with Crippen molar-refractivity contribution in [2.24, 2.45) is 0 Å². The van der Waals surface area contributed by atoms with E-state index in [-0.39, 0.29) is 12.5 Å². The average Bonchev–Trinajstić information content (AvgIpc) is 3.05. The zero-order valence-electron chi connectivity index (χ0n) is 28.8. The van der Waals surface area contributed by atoms with Crippen molar-refractivity contribution >= 4 is 5.91 Å². The maximum atomic E-state index is 12.6. The lowest BCUT2D eigenvalue weighted by Crippen LogP contribution is -2.60. The van der Waals surface area contributed by atoms with Crippen LogP contribution < -0.4 is 5.32 Å². The minimum Gasteiger partial charge on any atom is -0.394 e. The van der Waals surface area contributed by atoms with Crippen LogP contribution in [0.25, 0.3) is 0 Å². The van der Waals surface area contributed by atoms with Crippen molar-refractivity contribution in [2.75, 3.05) is 13.2 Å². The van der Waals surface area contributed by atoms with E-state index in [1.54, 1.807) is 6.08 Å². The van der Waals surface area contributed by atoms with Crippen LogP contribution in [0.1, 0.15) is 136 Å². The molecular formula is C37H67NO8. The predicted molar refractivity (Wildman–Crippen MR) is 184 cm³/mol. The Morgan fingerprint density at radius 2 is 1.24 bits per heavy atom. The number of aliphatic hydroxyl groups excluding tert-OH is 5. The van der Waals surface area contributed by atoms with Crippen LogP contribution in [0.2, 0.25) is 0 Å². The topological polar surface area (TPSA) is 149 Å². The van der Waals surface area contributed by atoms with Crippen molar-refractivity contribution in [3.8, 4) is 0 Å². The van der Waals surface area contributed by atoms with Gasteiger partial charge in [0.1, 0.15) is 24.4 Å². The number of hydrogen-bond acceptors (Lipinski definition) is 8. The molecule has 0 bridgehead atoms. The minimum absolute atomic E-state index is 0.206. The number of amides is 1. The molecule has 9 nitrogen and oxygen atoms in total. The zero-order chi connectivity index (χ0) is 33.8. The van der Waals surface area contributed by atoms with E-state index in [2.05, 4.69) is 43.5 Å². The van der Waals surface area contributed by atoms with E-state index >= 15 is 0 Å². The Kier molecular flexibility index (Phi) is 26.2. The van der Waals surface area contributed by atoms with Gasteiger partial charge in [-0.2, -0.15) is 0 Å². The van der Waals surface area contributed by atoms with E-state index in [1.807, 2.05) is 6.08 Å². The Balaban J connectivity index is 2.44. The first kappa shape index (κ1) is 42.4. The molecule has 6 N–H and O–H groups in total. The molecule has 1 saturated heterocycles. The summed E-state index contributed by atoms with van der Waals surface area (Å²) in [6.45, 7) is 3.61. The highest BCUT2D eigenvalue weighted by molar-refractivity contribution is 5.76. The van der Waals surface area contributed by atoms with Gasteiger partial charge in [0, 0.05) is 6.42 Å². The number of nitrogens with one attached hydrogen (secondary N) is 1. The van der Waals surface area contributed by atoms with E-state index in [0.717, 1.165) is 57.8 Å². The highest BCUT2D eigenvalue weighted by Gasteiger charge is 2.44. The van der Waals surface area contributed by atoms with Crippen LogP contribution in [0.5, 0.6) is 0 Å². The second kappa shape index (κ2) is 28.4. The molecule has 0 aromatic rings. The normalized spacial score (nSPS) is 23.5. The third-order valence-corrected chi connectivity index (χ3v) is 8.45. The molecule has 1 aliphatic rings. The summed E-state index contributed by atoms with van der Waals surface area (Å²) in [7, 11) is 0. The third kappa shape index (κ3) is 19.9. The fourth-order valence-electron chi connectivity index (χ4n) is 5.42. The van der Waals surface area contributed by atoms with Crippen molar-refractivity contribution in [2.45, 2.75) is 179 Å². The van der Waals surface area contributed by atoms with Gasteiger partial charge in [0.05, 0.1) is 25.4 Å². The molecule has 1 heterocycles. The molecule has 1 amide bonds. The van der Waals surface area contributed by atoms with Gasteiger partial charge in [-0.25, -0.2) is 0 Å². The summed E-state index contributed by atoms with van der Waals surface area (Å²) < 4.78 is 11.1. The Morgan fingerprint density at radius 1 is 0.717 bits per heavy atom. The third-order valence-electron chi connectivity index (χ3n) is 8.45. The molecule has 0 aromatic carbocycles. The molecule has 7 atom stereocenters. The number of ether oxygens (including phenoxy) is 2. The molecule has 0 aromatic heterocycles. The van der Waals surface area contributed by atoms with E-state index in [9.17, 15) is 30.3 Å². The van der Waals surface area contributed by atoms with Crippen molar-refractivity contribution in [1.82, 2.24) is 5.32 Å². The van der Waals surface area contributed by atoms with Crippen LogP contribution in [-0.4, -0.2) is 87.5 Å². The quantitative estimate of drug-likeness (QED) is 0.0461. The molecular weight excluding hydrogens is 586 g/mol. The van der Waals surface area contributed by atoms with Crippen molar-refractivity contribution in [3.63, 3.8) is 0 Å². The molecule has 1 aliphatic heterocycles. The highest BCUT2D eigenvalue weighted by atomic mass is 16.7. The van der Waals surface area contributed by atoms with Gasteiger partial charge in [-0.1, -0.05) is 121 Å². The first-order chi connectivity index (χ1) is 22.3. The molecule has 0 radical (unpaired) electrons. The second-order valence-electron chi connectivity index (χ2n) is 12.6. The lowest BCUT2D eigenvalue weighted by Gasteiger charge is -2.40. The smallest absolute Gasteiger partial charge is 0.220 e. The first-order valence-electron chi connectivity index (χ1n) is 18.2. The van der Waals surface area contributed by atoms with Crippen LogP contribution in [-0.2, 0) is 14.3 Å². The summed E-state index contributed by atoms with van der Waals surface area (Å²) in [6.07, 6.45) is 25.2. The van der Waals surface area contributed by atoms with Crippen LogP contribution in [0.4, 0.5) is 0 Å². The van der Waals surface area contributed by atoms with E-state index < -0.39 is 49.5 Å². The number of carbonyl (C=O) groups excluding carboxylic acids is 1. The summed E-state index contributed by atoms with van der Waals surface area (Å²) in [6, 6.07) is -0.820. The summed E-state index contributed by atoms with van der Waals surface area (Å²) in [4.78, 5) is 12.6. The second-order valence-corrected chi connectivity index (χ2v) is 12.6. The average molecular weight is 654 g/mol. The lowest BCUT2D eigenvalue weighted by molar-refractivity contribution is -0.302. The van der Waals surface area contributed by atoms with Gasteiger partial charge in [0.2, 0.25) is 5.91 Å². The van der Waals surface area contributed by atoms with Crippen LogP contribution >= 0.6 is 0 Å². The lowest BCUT2D eigenvalue weighted by atomic mass is 9.99. The van der Waals surface area contributed by atoms with Gasteiger partial charge in [-0.15, -0.1) is 0 Å².